The zero-order chi connectivity index (χ0) is 12.4. The maximum Gasteiger partial charge on any atom is 0.310 e. The molecule has 0 amide bonds. The monoisotopic (exact) mass is 253 g/mol. The first-order valence-corrected chi connectivity index (χ1v) is 4.92. The quantitative estimate of drug-likeness (QED) is 0.772. The van der Waals surface area contributed by atoms with Gasteiger partial charge >= 0.3 is 5.97 Å². The Hall–Kier alpha value is -2.04. The molecule has 18 heavy (non-hydrogen) atoms. The fourth-order valence-corrected chi connectivity index (χ4v) is 1.57. The van der Waals surface area contributed by atoms with Crippen molar-refractivity contribution in [1.29, 1.82) is 0 Å². The number of fused-ring (bicyclic) bond motifs is 1. The van der Waals surface area contributed by atoms with E-state index in [2.05, 4.69) is 9.72 Å². The van der Waals surface area contributed by atoms with Crippen LogP contribution in [-0.2, 0) is 16.0 Å². The molecule has 0 unspecified atom stereocenters. The van der Waals surface area contributed by atoms with Gasteiger partial charge in [0.15, 0.2) is 0 Å². The van der Waals surface area contributed by atoms with E-state index in [9.17, 15) is 13.6 Å². The molecular weight excluding hydrogens is 240 g/mol. The lowest BCUT2D eigenvalue weighted by molar-refractivity contribution is -0.139. The summed E-state index contributed by atoms with van der Waals surface area (Å²) >= 11 is 0. The van der Waals surface area contributed by atoms with Gasteiger partial charge in [0.25, 0.3) is 0 Å². The molecular formula is C13H13F2NO2. The Labute approximate surface area is 103 Å². The van der Waals surface area contributed by atoms with Gasteiger partial charge in [0.05, 0.1) is 19.0 Å². The number of halogens is 2. The van der Waals surface area contributed by atoms with Crippen molar-refractivity contribution in [2.24, 2.45) is 0 Å². The highest BCUT2D eigenvalue weighted by molar-refractivity contribution is 5.82. The van der Waals surface area contributed by atoms with Crippen LogP contribution in [0.3, 0.4) is 0 Å². The van der Waals surface area contributed by atoms with E-state index in [1.807, 2.05) is 0 Å². The number of methoxy groups -OCH3 is 1. The molecule has 0 atom stereocenters. The van der Waals surface area contributed by atoms with Crippen LogP contribution in [0.2, 0.25) is 0 Å². The average Bonchev–Trinajstić information content (AvgIpc) is 2.34. The van der Waals surface area contributed by atoms with Crippen LogP contribution in [0.1, 0.15) is 13.0 Å². The number of aromatic nitrogens is 1. The first kappa shape index (κ1) is 14.0. The van der Waals surface area contributed by atoms with Crippen molar-refractivity contribution in [2.75, 3.05) is 7.11 Å². The number of pyridine rings is 1. The van der Waals surface area contributed by atoms with Crippen LogP contribution in [-0.4, -0.2) is 18.1 Å². The zero-order valence-corrected chi connectivity index (χ0v) is 9.04. The molecule has 0 aliphatic rings. The van der Waals surface area contributed by atoms with E-state index in [4.69, 9.17) is 0 Å². The highest BCUT2D eigenvalue weighted by atomic mass is 19.1. The Morgan fingerprint density at radius 2 is 2.17 bits per heavy atom. The summed E-state index contributed by atoms with van der Waals surface area (Å²) in [6, 6.07) is 4.14. The number of hydrogen-bond donors (Lipinski definition) is 0. The van der Waals surface area contributed by atoms with Gasteiger partial charge in [-0.3, -0.25) is 9.78 Å². The van der Waals surface area contributed by atoms with E-state index >= 15 is 0 Å². The maximum absolute atomic E-state index is 13.9. The molecule has 1 aromatic heterocycles. The van der Waals surface area contributed by atoms with Gasteiger partial charge in [-0.15, -0.1) is 0 Å². The number of carbonyl (C=O) groups excluding carboxylic acids is 1. The van der Waals surface area contributed by atoms with E-state index in [1.165, 1.54) is 19.4 Å². The number of benzene rings is 1. The van der Waals surface area contributed by atoms with Crippen LogP contribution in [0.5, 0.6) is 0 Å². The molecule has 0 aliphatic carbocycles. The molecule has 0 N–H and O–H groups in total. The minimum atomic E-state index is -0.792. The predicted molar refractivity (Wildman–Crippen MR) is 64.1 cm³/mol. The van der Waals surface area contributed by atoms with Crippen LogP contribution in [0.15, 0.2) is 24.4 Å². The molecule has 2 rings (SSSR count). The van der Waals surface area contributed by atoms with Crippen molar-refractivity contribution in [3.8, 4) is 0 Å². The second-order valence-electron chi connectivity index (χ2n) is 3.47. The van der Waals surface area contributed by atoms with E-state index in [1.54, 1.807) is 6.07 Å². The normalized spacial score (nSPS) is 9.94. The van der Waals surface area contributed by atoms with E-state index in [0.29, 0.717) is 0 Å². The number of rotatable bonds is 2. The largest absolute Gasteiger partial charge is 0.469 e. The van der Waals surface area contributed by atoms with Crippen LogP contribution in [0.4, 0.5) is 8.78 Å². The molecule has 0 saturated heterocycles. The average molecular weight is 253 g/mol. The molecule has 1 heterocycles. The molecule has 5 heteroatoms. The third-order valence-corrected chi connectivity index (χ3v) is 2.44. The second kappa shape index (κ2) is 5.53. The number of hydrogen-bond acceptors (Lipinski definition) is 3. The molecule has 0 spiro atoms. The Kier molecular flexibility index (Phi) is 4.31. The van der Waals surface area contributed by atoms with Crippen molar-refractivity contribution >= 4 is 16.9 Å². The summed E-state index contributed by atoms with van der Waals surface area (Å²) in [5, 5.41) is 0.188. The van der Waals surface area contributed by atoms with Gasteiger partial charge in [-0.05, 0) is 12.1 Å². The van der Waals surface area contributed by atoms with Crippen molar-refractivity contribution in [2.45, 2.75) is 13.8 Å². The molecule has 0 bridgehead atoms. The standard InChI is InChI=1S/C12H9F2NO2.CH4/c1-17-11(16)5-8-9(13)6-10-7(12(8)14)3-2-4-15-10;/h2-4,6H,5H2,1H3;1H4. The minimum Gasteiger partial charge on any atom is -0.469 e. The summed E-state index contributed by atoms with van der Waals surface area (Å²) in [7, 11) is 1.17. The third kappa shape index (κ3) is 2.45. The molecule has 96 valence electrons. The lowest BCUT2D eigenvalue weighted by Gasteiger charge is -2.06. The minimum absolute atomic E-state index is 0. The number of esters is 1. The van der Waals surface area contributed by atoms with Crippen molar-refractivity contribution in [1.82, 2.24) is 4.98 Å². The lowest BCUT2D eigenvalue weighted by atomic mass is 10.1. The summed E-state index contributed by atoms with van der Waals surface area (Å²) in [6.07, 6.45) is 1.01. The topological polar surface area (TPSA) is 39.2 Å². The van der Waals surface area contributed by atoms with Crippen molar-refractivity contribution < 1.29 is 18.3 Å². The SMILES string of the molecule is C.COC(=O)Cc1c(F)cc2ncccc2c1F. The zero-order valence-electron chi connectivity index (χ0n) is 9.04. The van der Waals surface area contributed by atoms with Gasteiger partial charge in [0.2, 0.25) is 0 Å². The van der Waals surface area contributed by atoms with Crippen LogP contribution in [0, 0.1) is 11.6 Å². The van der Waals surface area contributed by atoms with Gasteiger partial charge < -0.3 is 4.74 Å². The summed E-state index contributed by atoms with van der Waals surface area (Å²) in [6.45, 7) is 0. The van der Waals surface area contributed by atoms with Crippen molar-refractivity contribution in [3.63, 3.8) is 0 Å². The maximum atomic E-state index is 13.9. The summed E-state index contributed by atoms with van der Waals surface area (Å²) in [5.41, 5.74) is -0.0755. The van der Waals surface area contributed by atoms with Gasteiger partial charge in [-0.2, -0.15) is 0 Å². The van der Waals surface area contributed by atoms with Gasteiger partial charge in [-0.1, -0.05) is 7.43 Å². The molecule has 2 aromatic rings. The number of nitrogens with zero attached hydrogens (tertiary/aromatic N) is 1. The summed E-state index contributed by atoms with van der Waals surface area (Å²) < 4.78 is 31.9. The van der Waals surface area contributed by atoms with E-state index < -0.39 is 24.0 Å². The van der Waals surface area contributed by atoms with E-state index in [-0.39, 0.29) is 23.9 Å². The summed E-state index contributed by atoms with van der Waals surface area (Å²) in [5.74, 6) is -2.25. The number of ether oxygens (including phenoxy) is 1. The van der Waals surface area contributed by atoms with E-state index in [0.717, 1.165) is 6.07 Å². The highest BCUT2D eigenvalue weighted by Gasteiger charge is 2.17. The fourth-order valence-electron chi connectivity index (χ4n) is 1.57. The number of carbonyl (C=O) groups is 1. The second-order valence-corrected chi connectivity index (χ2v) is 3.47. The van der Waals surface area contributed by atoms with Gasteiger partial charge in [0, 0.05) is 23.2 Å². The molecule has 0 fully saturated rings. The van der Waals surface area contributed by atoms with Crippen molar-refractivity contribution in [3.05, 3.63) is 41.6 Å². The highest BCUT2D eigenvalue weighted by Crippen LogP contribution is 2.23. The molecule has 1 aromatic carbocycles. The van der Waals surface area contributed by atoms with Crippen LogP contribution >= 0.6 is 0 Å². The predicted octanol–water partition coefficient (Wildman–Crippen LogP) is 2.86. The van der Waals surface area contributed by atoms with Crippen LogP contribution in [0.25, 0.3) is 10.9 Å². The molecule has 0 saturated carbocycles. The third-order valence-electron chi connectivity index (χ3n) is 2.44. The van der Waals surface area contributed by atoms with Crippen LogP contribution < -0.4 is 0 Å². The molecule has 0 radical (unpaired) electrons. The first-order valence-electron chi connectivity index (χ1n) is 4.92. The Balaban J connectivity index is 0.00000162. The Morgan fingerprint density at radius 3 is 2.83 bits per heavy atom. The Bertz CT molecular complexity index is 584. The molecule has 3 nitrogen and oxygen atoms in total. The summed E-state index contributed by atoms with van der Waals surface area (Å²) in [4.78, 5) is 14.9. The first-order chi connectivity index (χ1) is 8.13. The van der Waals surface area contributed by atoms with Gasteiger partial charge in [0.1, 0.15) is 11.6 Å². The van der Waals surface area contributed by atoms with Gasteiger partial charge in [-0.25, -0.2) is 8.78 Å². The smallest absolute Gasteiger partial charge is 0.310 e. The Morgan fingerprint density at radius 1 is 1.44 bits per heavy atom. The molecule has 0 aliphatic heterocycles. The lowest BCUT2D eigenvalue weighted by Crippen LogP contribution is -2.08. The fraction of sp³-hybridized carbons (Fsp3) is 0.231.